The number of amides is 1. The van der Waals surface area contributed by atoms with E-state index in [1.807, 2.05) is 73.7 Å². The van der Waals surface area contributed by atoms with Crippen LogP contribution in [0.4, 0.5) is 5.69 Å². The average molecular weight is 502 g/mol. The predicted molar refractivity (Wildman–Crippen MR) is 142 cm³/mol. The summed E-state index contributed by atoms with van der Waals surface area (Å²) in [5, 5.41) is 17.9. The predicted octanol–water partition coefficient (Wildman–Crippen LogP) is 6.62. The summed E-state index contributed by atoms with van der Waals surface area (Å²) in [6.07, 6.45) is 0. The number of rotatable bonds is 7. The molecule has 0 aromatic heterocycles. The third-order valence-corrected chi connectivity index (χ3v) is 7.14. The second-order valence-corrected chi connectivity index (χ2v) is 9.29. The summed E-state index contributed by atoms with van der Waals surface area (Å²) in [6, 6.07) is 26.9. The normalized spacial score (nSPS) is 15.3. The second kappa shape index (κ2) is 11.2. The zero-order valence-corrected chi connectivity index (χ0v) is 20.9. The fraction of sp³-hybridized carbons (Fsp3) is 0.143. The van der Waals surface area contributed by atoms with Gasteiger partial charge in [0.1, 0.15) is 5.75 Å². The molecule has 0 fully saturated rings. The number of nitriles is 1. The highest BCUT2D eigenvalue weighted by Crippen LogP contribution is 2.42. The molecule has 0 spiro atoms. The maximum absolute atomic E-state index is 13.6. The highest BCUT2D eigenvalue weighted by Gasteiger charge is 2.34. The van der Waals surface area contributed by atoms with E-state index in [0.717, 1.165) is 11.1 Å². The van der Waals surface area contributed by atoms with Crippen molar-refractivity contribution in [3.63, 3.8) is 0 Å². The van der Waals surface area contributed by atoms with Gasteiger partial charge in [-0.05, 0) is 36.2 Å². The number of halogens is 1. The lowest BCUT2D eigenvalue weighted by Crippen LogP contribution is -2.30. The van der Waals surface area contributed by atoms with E-state index in [1.165, 1.54) is 11.8 Å². The summed E-state index contributed by atoms with van der Waals surface area (Å²) in [7, 11) is 1.56. The standard InChI is InChI=1S/C28H24ClN3O2S/c1-18-25(27(33)32-23-14-8-9-15-24(23)34-2)26(19-10-4-3-5-11-19)21(16-30)28(31-18)35-17-20-12-6-7-13-22(20)29/h3-15,26,31H,17H2,1-2H3,(H,32,33)/t26-/m1/s1. The first-order chi connectivity index (χ1) is 17.0. The summed E-state index contributed by atoms with van der Waals surface area (Å²) >= 11 is 7.84. The maximum atomic E-state index is 13.6. The molecule has 0 saturated heterocycles. The molecule has 0 radical (unpaired) electrons. The highest BCUT2D eigenvalue weighted by molar-refractivity contribution is 8.02. The molecule has 1 aliphatic heterocycles. The lowest BCUT2D eigenvalue weighted by atomic mass is 9.82. The lowest BCUT2D eigenvalue weighted by molar-refractivity contribution is -0.113. The van der Waals surface area contributed by atoms with Gasteiger partial charge < -0.3 is 15.4 Å². The van der Waals surface area contributed by atoms with Crippen LogP contribution >= 0.6 is 23.4 Å². The summed E-state index contributed by atoms with van der Waals surface area (Å²) < 4.78 is 5.39. The Labute approximate surface area is 214 Å². The SMILES string of the molecule is COc1ccccc1NC(=O)C1=C(C)NC(SCc2ccccc2Cl)=C(C#N)[C@H]1c1ccccc1. The average Bonchev–Trinajstić information content (AvgIpc) is 2.88. The molecule has 2 N–H and O–H groups in total. The molecule has 176 valence electrons. The molecule has 5 nitrogen and oxygen atoms in total. The van der Waals surface area contributed by atoms with Crippen molar-refractivity contribution in [3.05, 3.63) is 117 Å². The molecule has 35 heavy (non-hydrogen) atoms. The minimum atomic E-state index is -0.522. The van der Waals surface area contributed by atoms with Crippen LogP contribution in [0.15, 0.2) is 101 Å². The van der Waals surface area contributed by atoms with E-state index < -0.39 is 5.92 Å². The van der Waals surface area contributed by atoms with Gasteiger partial charge in [-0.15, -0.1) is 11.8 Å². The van der Waals surface area contributed by atoms with E-state index in [2.05, 4.69) is 16.7 Å². The van der Waals surface area contributed by atoms with Gasteiger partial charge in [0, 0.05) is 22.0 Å². The Hall–Kier alpha value is -3.66. The largest absolute Gasteiger partial charge is 0.495 e. The molecule has 0 bridgehead atoms. The number of methoxy groups -OCH3 is 1. The second-order valence-electron chi connectivity index (χ2n) is 7.90. The van der Waals surface area contributed by atoms with E-state index in [1.54, 1.807) is 19.2 Å². The van der Waals surface area contributed by atoms with E-state index in [9.17, 15) is 10.1 Å². The van der Waals surface area contributed by atoms with Gasteiger partial charge in [-0.2, -0.15) is 5.26 Å². The first-order valence-corrected chi connectivity index (χ1v) is 12.4. The summed E-state index contributed by atoms with van der Waals surface area (Å²) in [4.78, 5) is 13.6. The summed E-state index contributed by atoms with van der Waals surface area (Å²) in [5.41, 5.74) is 4.07. The third-order valence-electron chi connectivity index (χ3n) is 5.71. The number of allylic oxidation sites excluding steroid dienone is 2. The van der Waals surface area contributed by atoms with Crippen molar-refractivity contribution >= 4 is 35.0 Å². The van der Waals surface area contributed by atoms with Crippen LogP contribution < -0.4 is 15.4 Å². The number of carbonyl (C=O) groups is 1. The number of nitrogens with zero attached hydrogens (tertiary/aromatic N) is 1. The molecule has 1 heterocycles. The highest BCUT2D eigenvalue weighted by atomic mass is 35.5. The van der Waals surface area contributed by atoms with Gasteiger partial charge >= 0.3 is 0 Å². The number of dihydropyridines is 1. The Bertz CT molecular complexity index is 1350. The fourth-order valence-electron chi connectivity index (χ4n) is 4.01. The Morgan fingerprint density at radius 2 is 1.77 bits per heavy atom. The van der Waals surface area contributed by atoms with Gasteiger partial charge in [-0.1, -0.05) is 72.3 Å². The van der Waals surface area contributed by atoms with Gasteiger partial charge in [-0.25, -0.2) is 0 Å². The fourth-order valence-corrected chi connectivity index (χ4v) is 5.39. The van der Waals surface area contributed by atoms with E-state index >= 15 is 0 Å². The van der Waals surface area contributed by atoms with Crippen LogP contribution in [0, 0.1) is 11.3 Å². The maximum Gasteiger partial charge on any atom is 0.254 e. The van der Waals surface area contributed by atoms with Gasteiger partial charge in [0.2, 0.25) is 0 Å². The van der Waals surface area contributed by atoms with Crippen molar-refractivity contribution in [2.24, 2.45) is 0 Å². The van der Waals surface area contributed by atoms with Gasteiger partial charge in [0.25, 0.3) is 5.91 Å². The number of thioether (sulfide) groups is 1. The summed E-state index contributed by atoms with van der Waals surface area (Å²) in [5.74, 6) is 0.332. The van der Waals surface area contributed by atoms with Crippen molar-refractivity contribution < 1.29 is 9.53 Å². The van der Waals surface area contributed by atoms with Crippen LogP contribution in [0.1, 0.15) is 24.0 Å². The molecule has 4 rings (SSSR count). The number of ether oxygens (including phenoxy) is 1. The van der Waals surface area contributed by atoms with Gasteiger partial charge in [0.15, 0.2) is 0 Å². The summed E-state index contributed by atoms with van der Waals surface area (Å²) in [6.45, 7) is 1.86. The number of hydrogen-bond donors (Lipinski definition) is 2. The number of anilines is 1. The van der Waals surface area contributed by atoms with E-state index in [4.69, 9.17) is 16.3 Å². The first kappa shape index (κ1) is 24.5. The van der Waals surface area contributed by atoms with Crippen molar-refractivity contribution in [2.45, 2.75) is 18.6 Å². The van der Waals surface area contributed by atoms with Crippen LogP contribution in [0.25, 0.3) is 0 Å². The van der Waals surface area contributed by atoms with Crippen LogP contribution in [-0.2, 0) is 10.5 Å². The quantitative estimate of drug-likeness (QED) is 0.380. The lowest BCUT2D eigenvalue weighted by Gasteiger charge is -2.30. The number of hydrogen-bond acceptors (Lipinski definition) is 5. The molecule has 1 amide bonds. The molecule has 1 aliphatic rings. The van der Waals surface area contributed by atoms with Crippen LogP contribution in [-0.4, -0.2) is 13.0 Å². The van der Waals surface area contributed by atoms with Crippen molar-refractivity contribution in [2.75, 3.05) is 12.4 Å². The van der Waals surface area contributed by atoms with Gasteiger partial charge in [0.05, 0.1) is 35.4 Å². The van der Waals surface area contributed by atoms with E-state index in [0.29, 0.717) is 44.1 Å². The smallest absolute Gasteiger partial charge is 0.254 e. The molecule has 3 aromatic carbocycles. The monoisotopic (exact) mass is 501 g/mol. The molecular formula is C28H24ClN3O2S. The minimum absolute atomic E-state index is 0.295. The Morgan fingerprint density at radius 3 is 2.49 bits per heavy atom. The number of nitrogens with one attached hydrogen (secondary N) is 2. The molecule has 0 aliphatic carbocycles. The number of carbonyl (C=O) groups excluding carboxylic acids is 1. The molecule has 0 saturated carbocycles. The number of para-hydroxylation sites is 2. The Balaban J connectivity index is 1.72. The minimum Gasteiger partial charge on any atom is -0.495 e. The molecule has 0 unspecified atom stereocenters. The molecule has 7 heteroatoms. The topological polar surface area (TPSA) is 74.2 Å². The Morgan fingerprint density at radius 1 is 1.09 bits per heavy atom. The van der Waals surface area contributed by atoms with Crippen LogP contribution in [0.3, 0.4) is 0 Å². The van der Waals surface area contributed by atoms with Crippen molar-refractivity contribution in [1.82, 2.24) is 5.32 Å². The Kier molecular flexibility index (Phi) is 7.81. The van der Waals surface area contributed by atoms with Crippen LogP contribution in [0.5, 0.6) is 5.75 Å². The zero-order chi connectivity index (χ0) is 24.8. The van der Waals surface area contributed by atoms with Crippen molar-refractivity contribution in [1.29, 1.82) is 5.26 Å². The molecular weight excluding hydrogens is 478 g/mol. The third kappa shape index (κ3) is 5.37. The zero-order valence-electron chi connectivity index (χ0n) is 19.3. The molecule has 1 atom stereocenters. The molecule has 3 aromatic rings. The van der Waals surface area contributed by atoms with Gasteiger partial charge in [-0.3, -0.25) is 4.79 Å². The first-order valence-electron chi connectivity index (χ1n) is 11.0. The van der Waals surface area contributed by atoms with Crippen molar-refractivity contribution in [3.8, 4) is 11.8 Å². The van der Waals surface area contributed by atoms with E-state index in [-0.39, 0.29) is 5.91 Å². The van der Waals surface area contributed by atoms with Crippen LogP contribution in [0.2, 0.25) is 5.02 Å². The number of benzene rings is 3.